The van der Waals surface area contributed by atoms with Gasteiger partial charge in [-0.25, -0.2) is 9.31 Å². The van der Waals surface area contributed by atoms with Gasteiger partial charge in [-0.1, -0.05) is 0 Å². The van der Waals surface area contributed by atoms with Crippen LogP contribution in [0, 0.1) is 13.8 Å². The lowest BCUT2D eigenvalue weighted by Crippen LogP contribution is -2.47. The van der Waals surface area contributed by atoms with Gasteiger partial charge < -0.3 is 20.1 Å². The van der Waals surface area contributed by atoms with Crippen LogP contribution in [0.15, 0.2) is 42.7 Å². The lowest BCUT2D eigenvalue weighted by atomic mass is 9.88. The number of carbonyl (C=O) groups is 2. The van der Waals surface area contributed by atoms with Crippen molar-refractivity contribution in [3.8, 4) is 11.5 Å². The van der Waals surface area contributed by atoms with Crippen molar-refractivity contribution in [1.29, 1.82) is 0 Å². The molecule has 34 heavy (non-hydrogen) atoms. The Kier molecular flexibility index (Phi) is 5.28. The third-order valence-electron chi connectivity index (χ3n) is 6.68. The van der Waals surface area contributed by atoms with Gasteiger partial charge in [-0.05, 0) is 56.5 Å². The Morgan fingerprint density at radius 2 is 1.97 bits per heavy atom. The maximum atomic E-state index is 13.1. The van der Waals surface area contributed by atoms with Gasteiger partial charge in [0.1, 0.15) is 11.3 Å². The number of aliphatic hydroxyl groups excluding tert-OH is 1. The quantitative estimate of drug-likeness (QED) is 0.485. The minimum Gasteiger partial charge on any atom is -0.455 e. The maximum Gasteiger partial charge on any atom is 0.325 e. The molecule has 1 aromatic carbocycles. The van der Waals surface area contributed by atoms with Gasteiger partial charge in [0.05, 0.1) is 23.4 Å². The van der Waals surface area contributed by atoms with Crippen molar-refractivity contribution in [2.24, 2.45) is 0 Å². The molecule has 0 spiro atoms. The molecule has 1 aliphatic carbocycles. The van der Waals surface area contributed by atoms with Crippen LogP contribution in [-0.4, -0.2) is 62.4 Å². The molecular weight excluding hydrogens is 434 g/mol. The second kappa shape index (κ2) is 8.18. The number of benzene rings is 1. The van der Waals surface area contributed by atoms with Crippen LogP contribution in [0.25, 0.3) is 16.4 Å². The van der Waals surface area contributed by atoms with E-state index in [-0.39, 0.29) is 24.1 Å². The third-order valence-corrected chi connectivity index (χ3v) is 6.68. The first-order valence-corrected chi connectivity index (χ1v) is 11.2. The molecule has 2 amide bonds. The van der Waals surface area contributed by atoms with Gasteiger partial charge in [0.2, 0.25) is 0 Å². The molecule has 176 valence electrons. The van der Waals surface area contributed by atoms with Crippen LogP contribution in [0.2, 0.25) is 0 Å². The van der Waals surface area contributed by atoms with E-state index in [2.05, 4.69) is 10.4 Å². The average Bonchev–Trinajstić information content (AvgIpc) is 3.31. The number of nitrogens with one attached hydrogen (secondary N) is 1. The SMILES string of the molecule is CNC(=O)n1c(C)cc2cc(Oc3ccnn4cc(C(=O)N(C)C5CC(O)C5)c(C)c34)ccc21. The van der Waals surface area contributed by atoms with E-state index >= 15 is 0 Å². The molecule has 3 aromatic heterocycles. The van der Waals surface area contributed by atoms with Gasteiger partial charge in [-0.3, -0.25) is 9.36 Å². The standard InChI is InChI=1S/C25H27N5O4/c1-14-9-16-10-19(5-6-21(16)30(14)25(33)26-3)34-22-7-8-27-29-13-20(15(2)23(22)29)24(32)28(4)17-11-18(31)12-17/h5-10,13,17-18,31H,11-12H2,1-4H3,(H,26,33). The Bertz CT molecular complexity index is 1430. The van der Waals surface area contributed by atoms with E-state index in [9.17, 15) is 14.7 Å². The number of fused-ring (bicyclic) bond motifs is 2. The van der Waals surface area contributed by atoms with Gasteiger partial charge in [-0.15, -0.1) is 0 Å². The van der Waals surface area contributed by atoms with Crippen LogP contribution in [0.5, 0.6) is 11.5 Å². The first-order valence-electron chi connectivity index (χ1n) is 11.2. The van der Waals surface area contributed by atoms with E-state index in [1.54, 1.807) is 46.5 Å². The molecule has 4 aromatic rings. The summed E-state index contributed by atoms with van der Waals surface area (Å²) in [6.07, 6.45) is 4.23. The van der Waals surface area contributed by atoms with E-state index in [1.165, 1.54) is 0 Å². The van der Waals surface area contributed by atoms with Gasteiger partial charge in [0.15, 0.2) is 5.75 Å². The van der Waals surface area contributed by atoms with Gasteiger partial charge in [-0.2, -0.15) is 5.10 Å². The molecule has 0 unspecified atom stereocenters. The van der Waals surface area contributed by atoms with Crippen molar-refractivity contribution < 1.29 is 19.4 Å². The van der Waals surface area contributed by atoms with Crippen LogP contribution >= 0.6 is 0 Å². The lowest BCUT2D eigenvalue weighted by Gasteiger charge is -2.38. The van der Waals surface area contributed by atoms with E-state index < -0.39 is 0 Å². The van der Waals surface area contributed by atoms with E-state index in [0.717, 1.165) is 22.2 Å². The molecule has 9 heteroatoms. The Balaban J connectivity index is 1.48. The second-order valence-corrected chi connectivity index (χ2v) is 8.85. The van der Waals surface area contributed by atoms with Crippen LogP contribution in [0.3, 0.4) is 0 Å². The molecule has 0 atom stereocenters. The first kappa shape index (κ1) is 22.0. The Hall–Kier alpha value is -3.85. The van der Waals surface area contributed by atoms with Crippen molar-refractivity contribution in [3.63, 3.8) is 0 Å². The van der Waals surface area contributed by atoms with E-state index in [0.29, 0.717) is 35.4 Å². The number of aliphatic hydroxyl groups is 1. The molecule has 1 saturated carbocycles. The summed E-state index contributed by atoms with van der Waals surface area (Å²) in [5.41, 5.74) is 3.67. The number of hydrogen-bond donors (Lipinski definition) is 2. The van der Waals surface area contributed by atoms with Crippen LogP contribution < -0.4 is 10.1 Å². The maximum absolute atomic E-state index is 13.1. The molecule has 0 radical (unpaired) electrons. The summed E-state index contributed by atoms with van der Waals surface area (Å²) in [6, 6.07) is 9.12. The van der Waals surface area contributed by atoms with Crippen molar-refractivity contribution in [2.75, 3.05) is 14.1 Å². The zero-order valence-electron chi connectivity index (χ0n) is 19.6. The largest absolute Gasteiger partial charge is 0.455 e. The van der Waals surface area contributed by atoms with Gasteiger partial charge >= 0.3 is 6.03 Å². The molecule has 0 saturated heterocycles. The van der Waals surface area contributed by atoms with Crippen molar-refractivity contribution in [3.05, 3.63) is 59.5 Å². The molecule has 1 fully saturated rings. The zero-order valence-corrected chi connectivity index (χ0v) is 19.6. The highest BCUT2D eigenvalue weighted by Crippen LogP contribution is 2.33. The minimum atomic E-state index is -0.328. The molecule has 2 N–H and O–H groups in total. The summed E-state index contributed by atoms with van der Waals surface area (Å²) in [4.78, 5) is 27.1. The fourth-order valence-corrected chi connectivity index (χ4v) is 4.66. The number of nitrogens with zero attached hydrogens (tertiary/aromatic N) is 4. The number of aryl methyl sites for hydroxylation is 2. The fourth-order valence-electron chi connectivity index (χ4n) is 4.66. The molecular formula is C25H27N5O4. The Morgan fingerprint density at radius 3 is 2.68 bits per heavy atom. The number of amides is 2. The van der Waals surface area contributed by atoms with E-state index in [1.807, 2.05) is 38.1 Å². The molecule has 3 heterocycles. The van der Waals surface area contributed by atoms with Gasteiger partial charge in [0.25, 0.3) is 5.91 Å². The summed E-state index contributed by atoms with van der Waals surface area (Å²) in [6.45, 7) is 3.77. The zero-order chi connectivity index (χ0) is 24.1. The Morgan fingerprint density at radius 1 is 1.21 bits per heavy atom. The summed E-state index contributed by atoms with van der Waals surface area (Å²) < 4.78 is 9.52. The smallest absolute Gasteiger partial charge is 0.325 e. The highest BCUT2D eigenvalue weighted by molar-refractivity contribution is 5.98. The van der Waals surface area contributed by atoms with Crippen LogP contribution in [0.4, 0.5) is 4.79 Å². The molecule has 5 rings (SSSR count). The van der Waals surface area contributed by atoms with Crippen LogP contribution in [0.1, 0.15) is 34.5 Å². The molecule has 9 nitrogen and oxygen atoms in total. The number of hydrogen-bond acceptors (Lipinski definition) is 5. The molecule has 1 aliphatic rings. The first-order chi connectivity index (χ1) is 16.3. The summed E-state index contributed by atoms with van der Waals surface area (Å²) in [5.74, 6) is 1.09. The summed E-state index contributed by atoms with van der Waals surface area (Å²) in [5, 5.41) is 17.5. The number of aromatic nitrogens is 3. The van der Waals surface area contributed by atoms with Gasteiger partial charge in [0, 0.05) is 43.5 Å². The van der Waals surface area contributed by atoms with Crippen LogP contribution in [-0.2, 0) is 0 Å². The predicted molar refractivity (Wildman–Crippen MR) is 128 cm³/mol. The highest BCUT2D eigenvalue weighted by atomic mass is 16.5. The van der Waals surface area contributed by atoms with Crippen molar-refractivity contribution >= 4 is 28.4 Å². The van der Waals surface area contributed by atoms with Crippen molar-refractivity contribution in [1.82, 2.24) is 24.4 Å². The number of ether oxygens (including phenoxy) is 1. The second-order valence-electron chi connectivity index (χ2n) is 8.85. The molecule has 0 bridgehead atoms. The summed E-state index contributed by atoms with van der Waals surface area (Å²) >= 11 is 0. The topological polar surface area (TPSA) is 101 Å². The number of carbonyl (C=O) groups excluding carboxylic acids is 2. The normalized spacial score (nSPS) is 17.6. The average molecular weight is 462 g/mol. The molecule has 0 aliphatic heterocycles. The minimum absolute atomic E-state index is 0.0471. The lowest BCUT2D eigenvalue weighted by molar-refractivity contribution is 0.0132. The van der Waals surface area contributed by atoms with E-state index in [4.69, 9.17) is 4.74 Å². The number of rotatable bonds is 4. The highest BCUT2D eigenvalue weighted by Gasteiger charge is 2.34. The predicted octanol–water partition coefficient (Wildman–Crippen LogP) is 3.48. The monoisotopic (exact) mass is 461 g/mol. The fraction of sp³-hybridized carbons (Fsp3) is 0.320. The Labute approximate surface area is 196 Å². The third kappa shape index (κ3) is 3.49. The summed E-state index contributed by atoms with van der Waals surface area (Å²) in [7, 11) is 3.37. The van der Waals surface area contributed by atoms with Crippen molar-refractivity contribution in [2.45, 2.75) is 38.8 Å².